The summed E-state index contributed by atoms with van der Waals surface area (Å²) in [6, 6.07) is 0.205. The molecule has 0 heterocycles. The number of carbonyl (C=O) groups is 2. The summed E-state index contributed by atoms with van der Waals surface area (Å²) in [4.78, 5) is 21.6. The van der Waals surface area contributed by atoms with E-state index < -0.39 is 5.97 Å². The molecule has 0 spiro atoms. The number of carboxylic acid groups (broad SMARTS) is 1. The van der Waals surface area contributed by atoms with Crippen molar-refractivity contribution < 1.29 is 14.7 Å². The second kappa shape index (κ2) is 6.30. The van der Waals surface area contributed by atoms with Crippen LogP contribution in [0.2, 0.25) is 0 Å². The Balaban J connectivity index is 2.35. The molecular weight excluding hydrogens is 206 g/mol. The molecular formula is C12H19NO3. The lowest BCUT2D eigenvalue weighted by molar-refractivity contribution is -0.131. The third kappa shape index (κ3) is 4.96. The third-order valence-electron chi connectivity index (χ3n) is 2.98. The molecule has 1 amide bonds. The Bertz CT molecular complexity index is 286. The molecule has 0 aromatic heterocycles. The average molecular weight is 225 g/mol. The molecule has 0 aromatic carbocycles. The van der Waals surface area contributed by atoms with E-state index >= 15 is 0 Å². The van der Waals surface area contributed by atoms with Gasteiger partial charge in [-0.2, -0.15) is 0 Å². The molecule has 2 N–H and O–H groups in total. The Hall–Kier alpha value is -1.32. The average Bonchev–Trinajstić information content (AvgIpc) is 2.41. The van der Waals surface area contributed by atoms with Gasteiger partial charge in [-0.05, 0) is 25.2 Å². The van der Waals surface area contributed by atoms with Gasteiger partial charge < -0.3 is 10.4 Å². The molecule has 1 saturated carbocycles. The highest BCUT2D eigenvalue weighted by molar-refractivity contribution is 5.93. The number of nitrogens with one attached hydrogen (secondary N) is 1. The molecule has 0 saturated heterocycles. The molecule has 0 radical (unpaired) electrons. The van der Waals surface area contributed by atoms with Gasteiger partial charge in [0.15, 0.2) is 0 Å². The van der Waals surface area contributed by atoms with Crippen molar-refractivity contribution in [3.05, 3.63) is 12.2 Å². The van der Waals surface area contributed by atoms with Crippen molar-refractivity contribution in [1.29, 1.82) is 0 Å². The first-order chi connectivity index (χ1) is 7.58. The smallest absolute Gasteiger partial charge is 0.328 e. The van der Waals surface area contributed by atoms with Crippen LogP contribution in [-0.4, -0.2) is 23.0 Å². The van der Waals surface area contributed by atoms with Crippen molar-refractivity contribution in [3.63, 3.8) is 0 Å². The number of carboxylic acids is 1. The van der Waals surface area contributed by atoms with Gasteiger partial charge in [0.05, 0.1) is 0 Å². The Morgan fingerprint density at radius 2 is 1.94 bits per heavy atom. The van der Waals surface area contributed by atoms with E-state index in [1.807, 2.05) is 0 Å². The normalized spacial score (nSPS) is 26.3. The highest BCUT2D eigenvalue weighted by atomic mass is 16.4. The highest BCUT2D eigenvalue weighted by Crippen LogP contribution is 2.22. The van der Waals surface area contributed by atoms with Gasteiger partial charge in [0.2, 0.25) is 5.91 Å². The molecule has 1 rings (SSSR count). The molecule has 1 fully saturated rings. The zero-order valence-electron chi connectivity index (χ0n) is 9.61. The summed E-state index contributed by atoms with van der Waals surface area (Å²) in [6.45, 7) is 2.23. The molecule has 0 aliphatic heterocycles. The van der Waals surface area contributed by atoms with E-state index in [0.717, 1.165) is 43.8 Å². The van der Waals surface area contributed by atoms with Crippen LogP contribution >= 0.6 is 0 Å². The van der Waals surface area contributed by atoms with E-state index in [2.05, 4.69) is 12.2 Å². The summed E-state index contributed by atoms with van der Waals surface area (Å²) in [6.07, 6.45) is 7.43. The Morgan fingerprint density at radius 1 is 1.19 bits per heavy atom. The molecule has 2 atom stereocenters. The molecule has 4 heteroatoms. The lowest BCUT2D eigenvalue weighted by atomic mass is 10.0. The van der Waals surface area contributed by atoms with Gasteiger partial charge in [0, 0.05) is 18.2 Å². The molecule has 0 bridgehead atoms. The molecule has 1 aliphatic carbocycles. The molecule has 2 unspecified atom stereocenters. The van der Waals surface area contributed by atoms with Crippen LogP contribution in [0, 0.1) is 5.92 Å². The SMILES string of the molecule is CC1CCCC(NC(=O)/C=C/C(=O)O)CC1. The summed E-state index contributed by atoms with van der Waals surface area (Å²) in [5.41, 5.74) is 0. The quantitative estimate of drug-likeness (QED) is 0.567. The van der Waals surface area contributed by atoms with Crippen molar-refractivity contribution in [3.8, 4) is 0 Å². The minimum atomic E-state index is -1.09. The van der Waals surface area contributed by atoms with E-state index in [1.165, 1.54) is 6.42 Å². The van der Waals surface area contributed by atoms with E-state index in [4.69, 9.17) is 5.11 Å². The standard InChI is InChI=1S/C12H19NO3/c1-9-3-2-4-10(6-5-9)13-11(14)7-8-12(15)16/h7-10H,2-6H2,1H3,(H,13,14)(H,15,16)/b8-7+. The number of rotatable bonds is 3. The highest BCUT2D eigenvalue weighted by Gasteiger charge is 2.16. The summed E-state index contributed by atoms with van der Waals surface area (Å²) in [5.74, 6) is -0.664. The van der Waals surface area contributed by atoms with E-state index in [1.54, 1.807) is 0 Å². The fraction of sp³-hybridized carbons (Fsp3) is 0.667. The van der Waals surface area contributed by atoms with E-state index in [0.29, 0.717) is 0 Å². The monoisotopic (exact) mass is 225 g/mol. The van der Waals surface area contributed by atoms with Crippen LogP contribution in [0.5, 0.6) is 0 Å². The number of carbonyl (C=O) groups excluding carboxylic acids is 1. The van der Waals surface area contributed by atoms with Crippen molar-refractivity contribution in [2.45, 2.75) is 45.1 Å². The molecule has 4 nitrogen and oxygen atoms in total. The number of hydrogen-bond donors (Lipinski definition) is 2. The van der Waals surface area contributed by atoms with Gasteiger partial charge in [0.25, 0.3) is 0 Å². The molecule has 1 aliphatic rings. The number of hydrogen-bond acceptors (Lipinski definition) is 2. The summed E-state index contributed by atoms with van der Waals surface area (Å²) in [5, 5.41) is 11.2. The molecule has 16 heavy (non-hydrogen) atoms. The Morgan fingerprint density at radius 3 is 2.62 bits per heavy atom. The van der Waals surface area contributed by atoms with Crippen molar-refractivity contribution in [1.82, 2.24) is 5.32 Å². The fourth-order valence-corrected chi connectivity index (χ4v) is 2.03. The zero-order valence-corrected chi connectivity index (χ0v) is 9.61. The van der Waals surface area contributed by atoms with Crippen LogP contribution < -0.4 is 5.32 Å². The third-order valence-corrected chi connectivity index (χ3v) is 2.98. The van der Waals surface area contributed by atoms with Gasteiger partial charge in [-0.3, -0.25) is 4.79 Å². The fourth-order valence-electron chi connectivity index (χ4n) is 2.03. The van der Waals surface area contributed by atoms with Gasteiger partial charge in [-0.15, -0.1) is 0 Å². The molecule has 90 valence electrons. The van der Waals surface area contributed by atoms with Crippen LogP contribution in [0.4, 0.5) is 0 Å². The van der Waals surface area contributed by atoms with Crippen LogP contribution in [0.25, 0.3) is 0 Å². The summed E-state index contributed by atoms with van der Waals surface area (Å²) in [7, 11) is 0. The van der Waals surface area contributed by atoms with Crippen molar-refractivity contribution >= 4 is 11.9 Å². The first kappa shape index (κ1) is 12.7. The Kier molecular flexibility index (Phi) is 5.02. The predicted molar refractivity (Wildman–Crippen MR) is 61.0 cm³/mol. The van der Waals surface area contributed by atoms with Crippen LogP contribution in [0.1, 0.15) is 39.0 Å². The zero-order chi connectivity index (χ0) is 12.0. The van der Waals surface area contributed by atoms with Crippen LogP contribution in [0.15, 0.2) is 12.2 Å². The maximum Gasteiger partial charge on any atom is 0.328 e. The number of amides is 1. The predicted octanol–water partition coefficient (Wildman–Crippen LogP) is 1.71. The Labute approximate surface area is 95.7 Å². The maximum absolute atomic E-state index is 11.3. The second-order valence-corrected chi connectivity index (χ2v) is 4.49. The van der Waals surface area contributed by atoms with Gasteiger partial charge in [-0.1, -0.05) is 19.8 Å². The second-order valence-electron chi connectivity index (χ2n) is 4.49. The van der Waals surface area contributed by atoms with Crippen LogP contribution in [0.3, 0.4) is 0 Å². The summed E-state index contributed by atoms with van der Waals surface area (Å²) < 4.78 is 0. The van der Waals surface area contributed by atoms with E-state index in [9.17, 15) is 9.59 Å². The minimum Gasteiger partial charge on any atom is -0.478 e. The van der Waals surface area contributed by atoms with Gasteiger partial charge in [-0.25, -0.2) is 4.79 Å². The molecule has 0 aromatic rings. The largest absolute Gasteiger partial charge is 0.478 e. The van der Waals surface area contributed by atoms with Crippen molar-refractivity contribution in [2.75, 3.05) is 0 Å². The minimum absolute atomic E-state index is 0.205. The lowest BCUT2D eigenvalue weighted by Gasteiger charge is -2.14. The van der Waals surface area contributed by atoms with Gasteiger partial charge in [0.1, 0.15) is 0 Å². The first-order valence-electron chi connectivity index (χ1n) is 5.79. The first-order valence-corrected chi connectivity index (χ1v) is 5.79. The summed E-state index contributed by atoms with van der Waals surface area (Å²) >= 11 is 0. The van der Waals surface area contributed by atoms with Crippen molar-refractivity contribution in [2.24, 2.45) is 5.92 Å². The topological polar surface area (TPSA) is 66.4 Å². The van der Waals surface area contributed by atoms with Gasteiger partial charge >= 0.3 is 5.97 Å². The van der Waals surface area contributed by atoms with Crippen LogP contribution in [-0.2, 0) is 9.59 Å². The van der Waals surface area contributed by atoms with E-state index in [-0.39, 0.29) is 11.9 Å². The number of aliphatic carboxylic acids is 1. The maximum atomic E-state index is 11.3. The lowest BCUT2D eigenvalue weighted by Crippen LogP contribution is -2.33.